The molecule has 1 aromatic carbocycles. The van der Waals surface area contributed by atoms with E-state index in [1.165, 1.54) is 0 Å². The van der Waals surface area contributed by atoms with E-state index in [1.54, 1.807) is 12.3 Å². The van der Waals surface area contributed by atoms with Crippen molar-refractivity contribution in [1.82, 2.24) is 14.9 Å². The van der Waals surface area contributed by atoms with Gasteiger partial charge in [-0.25, -0.2) is 4.98 Å². The molecule has 3 heterocycles. The fourth-order valence-electron chi connectivity index (χ4n) is 3.41. The number of hydrogen-bond acceptors (Lipinski definition) is 4. The van der Waals surface area contributed by atoms with E-state index in [0.29, 0.717) is 18.2 Å². The van der Waals surface area contributed by atoms with Crippen LogP contribution in [0.25, 0.3) is 10.9 Å². The van der Waals surface area contributed by atoms with Crippen LogP contribution in [0.4, 0.5) is 0 Å². The largest absolute Gasteiger partial charge is 0.487 e. The summed E-state index contributed by atoms with van der Waals surface area (Å²) >= 11 is 0. The molecule has 3 aromatic rings. The third kappa shape index (κ3) is 3.92. The van der Waals surface area contributed by atoms with E-state index in [-0.39, 0.29) is 5.91 Å². The monoisotopic (exact) mass is 361 g/mol. The minimum absolute atomic E-state index is 0.0121. The van der Waals surface area contributed by atoms with Crippen LogP contribution in [0.3, 0.4) is 0 Å². The molecular formula is C22H23N3O2. The maximum Gasteiger partial charge on any atom is 0.272 e. The van der Waals surface area contributed by atoms with E-state index in [9.17, 15) is 4.79 Å². The van der Waals surface area contributed by atoms with Crippen LogP contribution in [0.2, 0.25) is 0 Å². The zero-order valence-corrected chi connectivity index (χ0v) is 15.5. The molecule has 0 radical (unpaired) electrons. The van der Waals surface area contributed by atoms with Crippen LogP contribution < -0.4 is 4.74 Å². The third-order valence-corrected chi connectivity index (χ3v) is 5.08. The highest BCUT2D eigenvalue weighted by Crippen LogP contribution is 2.24. The molecule has 1 saturated heterocycles. The summed E-state index contributed by atoms with van der Waals surface area (Å²) in [6.07, 6.45) is 3.89. The number of hydrogen-bond donors (Lipinski definition) is 0. The first-order chi connectivity index (χ1) is 13.2. The van der Waals surface area contributed by atoms with Crippen molar-refractivity contribution in [3.8, 4) is 5.75 Å². The molecule has 0 unspecified atom stereocenters. The van der Waals surface area contributed by atoms with Gasteiger partial charge in [0, 0.05) is 24.7 Å². The lowest BCUT2D eigenvalue weighted by molar-refractivity contribution is 0.0690. The molecule has 0 atom stereocenters. The molecule has 0 spiro atoms. The Hall–Kier alpha value is -2.95. The molecule has 0 bridgehead atoms. The average Bonchev–Trinajstić information content (AvgIpc) is 2.72. The fraction of sp³-hybridized carbons (Fsp3) is 0.318. The molecule has 1 fully saturated rings. The number of ether oxygens (including phenoxy) is 1. The number of nitrogens with zero attached hydrogens (tertiary/aromatic N) is 3. The molecule has 5 nitrogen and oxygen atoms in total. The summed E-state index contributed by atoms with van der Waals surface area (Å²) in [5.74, 6) is 1.47. The van der Waals surface area contributed by atoms with Crippen molar-refractivity contribution >= 4 is 16.8 Å². The van der Waals surface area contributed by atoms with Gasteiger partial charge in [0.15, 0.2) is 0 Å². The number of carbonyl (C=O) groups excluding carboxylic acids is 1. The quantitative estimate of drug-likeness (QED) is 0.703. The Balaban J connectivity index is 1.47. The van der Waals surface area contributed by atoms with Gasteiger partial charge in [0.25, 0.3) is 5.91 Å². The van der Waals surface area contributed by atoms with Crippen molar-refractivity contribution in [2.24, 2.45) is 5.92 Å². The molecule has 138 valence electrons. The Morgan fingerprint density at radius 3 is 2.78 bits per heavy atom. The van der Waals surface area contributed by atoms with Crippen LogP contribution in [0.1, 0.15) is 35.9 Å². The highest BCUT2D eigenvalue weighted by molar-refractivity contribution is 5.92. The number of piperidine rings is 1. The van der Waals surface area contributed by atoms with Gasteiger partial charge in [-0.05, 0) is 55.2 Å². The first-order valence-corrected chi connectivity index (χ1v) is 9.42. The fourth-order valence-corrected chi connectivity index (χ4v) is 3.41. The van der Waals surface area contributed by atoms with E-state index < -0.39 is 0 Å². The first kappa shape index (κ1) is 17.5. The van der Waals surface area contributed by atoms with Gasteiger partial charge in [0.2, 0.25) is 0 Å². The average molecular weight is 361 g/mol. The molecule has 27 heavy (non-hydrogen) atoms. The lowest BCUT2D eigenvalue weighted by Gasteiger charge is -2.30. The molecule has 2 aromatic heterocycles. The second kappa shape index (κ2) is 7.74. The molecule has 0 N–H and O–H groups in total. The van der Waals surface area contributed by atoms with E-state index in [0.717, 1.165) is 48.3 Å². The number of fused-ring (bicyclic) bond motifs is 1. The van der Waals surface area contributed by atoms with Gasteiger partial charge in [-0.15, -0.1) is 0 Å². The number of rotatable bonds is 4. The predicted molar refractivity (Wildman–Crippen MR) is 105 cm³/mol. The number of pyridine rings is 2. The van der Waals surface area contributed by atoms with Crippen molar-refractivity contribution < 1.29 is 9.53 Å². The second-order valence-electron chi connectivity index (χ2n) is 7.10. The van der Waals surface area contributed by atoms with Gasteiger partial charge in [-0.2, -0.15) is 0 Å². The lowest BCUT2D eigenvalue weighted by atomic mass is 9.99. The second-order valence-corrected chi connectivity index (χ2v) is 7.10. The minimum atomic E-state index is 0.0121. The van der Waals surface area contributed by atoms with Crippen molar-refractivity contribution in [2.45, 2.75) is 26.4 Å². The summed E-state index contributed by atoms with van der Waals surface area (Å²) in [5.41, 5.74) is 2.13. The van der Waals surface area contributed by atoms with E-state index in [4.69, 9.17) is 4.74 Å². The molecule has 1 amide bonds. The summed E-state index contributed by atoms with van der Waals surface area (Å²) in [4.78, 5) is 23.5. The molecule has 1 aliphatic heterocycles. The number of aromatic nitrogens is 2. The predicted octanol–water partition coefficient (Wildman–Crippen LogP) is 4.08. The van der Waals surface area contributed by atoms with Crippen LogP contribution in [0.5, 0.6) is 5.75 Å². The van der Waals surface area contributed by atoms with Crippen LogP contribution in [-0.4, -0.2) is 33.9 Å². The van der Waals surface area contributed by atoms with Crippen molar-refractivity contribution in [2.75, 3.05) is 13.1 Å². The lowest BCUT2D eigenvalue weighted by Crippen LogP contribution is -2.38. The molecule has 0 aliphatic carbocycles. The van der Waals surface area contributed by atoms with E-state index >= 15 is 0 Å². The Morgan fingerprint density at radius 2 is 1.93 bits per heavy atom. The van der Waals surface area contributed by atoms with Gasteiger partial charge in [0.1, 0.15) is 18.1 Å². The highest BCUT2D eigenvalue weighted by atomic mass is 16.5. The summed E-state index contributed by atoms with van der Waals surface area (Å²) < 4.78 is 5.97. The SMILES string of the molecule is CC1CCN(C(=O)c2cccc(COc3cccc4ncccc34)n2)CC1. The molecule has 0 saturated carbocycles. The van der Waals surface area contributed by atoms with Gasteiger partial charge < -0.3 is 9.64 Å². The van der Waals surface area contributed by atoms with Crippen LogP contribution in [0.15, 0.2) is 54.7 Å². The third-order valence-electron chi connectivity index (χ3n) is 5.08. The van der Waals surface area contributed by atoms with Gasteiger partial charge in [-0.1, -0.05) is 19.1 Å². The molecule has 1 aliphatic rings. The maximum absolute atomic E-state index is 12.7. The van der Waals surface area contributed by atoms with Crippen LogP contribution >= 0.6 is 0 Å². The Labute approximate surface area is 159 Å². The number of amides is 1. The zero-order chi connectivity index (χ0) is 18.6. The minimum Gasteiger partial charge on any atom is -0.487 e. The van der Waals surface area contributed by atoms with Gasteiger partial charge in [0.05, 0.1) is 11.2 Å². The maximum atomic E-state index is 12.7. The summed E-state index contributed by atoms with van der Waals surface area (Å²) in [6, 6.07) is 15.2. The standard InChI is InChI=1S/C22H23N3O2/c1-16-10-13-25(14-11-16)22(26)20-8-2-5-17(24-20)15-27-21-9-3-7-19-18(21)6-4-12-23-19/h2-9,12,16H,10-11,13-15H2,1H3. The zero-order valence-electron chi connectivity index (χ0n) is 15.5. The topological polar surface area (TPSA) is 55.3 Å². The van der Waals surface area contributed by atoms with Crippen molar-refractivity contribution in [1.29, 1.82) is 0 Å². The Bertz CT molecular complexity index is 944. The molecule has 5 heteroatoms. The van der Waals surface area contributed by atoms with Gasteiger partial charge >= 0.3 is 0 Å². The van der Waals surface area contributed by atoms with Crippen LogP contribution in [0, 0.1) is 5.92 Å². The Morgan fingerprint density at radius 1 is 1.11 bits per heavy atom. The Kier molecular flexibility index (Phi) is 5.01. The smallest absolute Gasteiger partial charge is 0.272 e. The van der Waals surface area contributed by atoms with E-state index in [2.05, 4.69) is 16.9 Å². The van der Waals surface area contributed by atoms with Crippen LogP contribution in [-0.2, 0) is 6.61 Å². The number of likely N-dealkylation sites (tertiary alicyclic amines) is 1. The summed E-state index contributed by atoms with van der Waals surface area (Å²) in [7, 11) is 0. The first-order valence-electron chi connectivity index (χ1n) is 9.42. The highest BCUT2D eigenvalue weighted by Gasteiger charge is 2.22. The molecular weight excluding hydrogens is 338 g/mol. The van der Waals surface area contributed by atoms with Crippen molar-refractivity contribution in [3.63, 3.8) is 0 Å². The number of benzene rings is 1. The summed E-state index contributed by atoms with van der Waals surface area (Å²) in [6.45, 7) is 4.17. The molecule has 4 rings (SSSR count). The summed E-state index contributed by atoms with van der Waals surface area (Å²) in [5, 5.41) is 0.967. The van der Waals surface area contributed by atoms with Gasteiger partial charge in [-0.3, -0.25) is 9.78 Å². The van der Waals surface area contributed by atoms with Crippen molar-refractivity contribution in [3.05, 3.63) is 66.1 Å². The number of carbonyl (C=O) groups is 1. The normalized spacial score (nSPS) is 15.1. The van der Waals surface area contributed by atoms with E-state index in [1.807, 2.05) is 47.4 Å².